The number of nitrogens with zero attached hydrogens (tertiary/aromatic N) is 1. The third-order valence-electron chi connectivity index (χ3n) is 4.17. The number of benzene rings is 1. The summed E-state index contributed by atoms with van der Waals surface area (Å²) in [6.07, 6.45) is 1.12. The van der Waals surface area contributed by atoms with Gasteiger partial charge in [0.05, 0.1) is 5.56 Å². The van der Waals surface area contributed by atoms with E-state index in [2.05, 4.69) is 55.7 Å². The van der Waals surface area contributed by atoms with Crippen molar-refractivity contribution in [1.82, 2.24) is 10.2 Å². The molecule has 3 atom stereocenters. The molecular formula is C14H16BrIN2O. The van der Waals surface area contributed by atoms with Gasteiger partial charge < -0.3 is 10.2 Å². The number of carbonyl (C=O) groups is 1. The molecule has 0 saturated carbocycles. The Balaban J connectivity index is 1.93. The fourth-order valence-electron chi connectivity index (χ4n) is 3.32. The predicted molar refractivity (Wildman–Crippen MR) is 87.3 cm³/mol. The second-order valence-corrected chi connectivity index (χ2v) is 7.51. The number of carbonyl (C=O) groups excluding carboxylic acids is 1. The highest BCUT2D eigenvalue weighted by molar-refractivity contribution is 14.1. The number of nitrogens with one attached hydrogen (secondary N) is 1. The quantitative estimate of drug-likeness (QED) is 0.689. The van der Waals surface area contributed by atoms with E-state index >= 15 is 0 Å². The van der Waals surface area contributed by atoms with E-state index in [4.69, 9.17) is 0 Å². The van der Waals surface area contributed by atoms with Crippen molar-refractivity contribution in [2.45, 2.75) is 25.4 Å². The molecule has 3 nitrogen and oxygen atoms in total. The lowest BCUT2D eigenvalue weighted by Gasteiger charge is -2.28. The molecule has 3 unspecified atom stereocenters. The Bertz CT molecular complexity index is 522. The standard InChI is InChI=1S/C14H16BrIN2O/c1-8-4-9-6-17-7-13(9)18(8)14(19)11-5-10(16)2-3-12(11)15/h2-3,5,8-9,13,17H,4,6-7H2,1H3. The number of likely N-dealkylation sites (tertiary alicyclic amines) is 1. The van der Waals surface area contributed by atoms with Gasteiger partial charge in [-0.15, -0.1) is 0 Å². The van der Waals surface area contributed by atoms with Crippen molar-refractivity contribution in [3.63, 3.8) is 0 Å². The summed E-state index contributed by atoms with van der Waals surface area (Å²) in [4.78, 5) is 14.9. The highest BCUT2D eigenvalue weighted by Crippen LogP contribution is 2.34. The first-order valence-corrected chi connectivity index (χ1v) is 8.43. The zero-order valence-corrected chi connectivity index (χ0v) is 14.4. The zero-order valence-electron chi connectivity index (χ0n) is 10.7. The van der Waals surface area contributed by atoms with Gasteiger partial charge in [0, 0.05) is 33.2 Å². The van der Waals surface area contributed by atoms with Crippen molar-refractivity contribution >= 4 is 44.4 Å². The van der Waals surface area contributed by atoms with Crippen molar-refractivity contribution in [3.8, 4) is 0 Å². The third kappa shape index (κ3) is 2.45. The number of amides is 1. The Labute approximate surface area is 135 Å². The van der Waals surface area contributed by atoms with Gasteiger partial charge in [0.25, 0.3) is 5.91 Å². The fraction of sp³-hybridized carbons (Fsp3) is 0.500. The minimum Gasteiger partial charge on any atom is -0.331 e. The van der Waals surface area contributed by atoms with Crippen LogP contribution in [0.15, 0.2) is 22.7 Å². The summed E-state index contributed by atoms with van der Waals surface area (Å²) in [5, 5.41) is 3.40. The summed E-state index contributed by atoms with van der Waals surface area (Å²) in [5.41, 5.74) is 0.784. The van der Waals surface area contributed by atoms with Gasteiger partial charge in [0.15, 0.2) is 0 Å². The summed E-state index contributed by atoms with van der Waals surface area (Å²) >= 11 is 5.76. The van der Waals surface area contributed by atoms with Crippen LogP contribution in [0.4, 0.5) is 0 Å². The maximum atomic E-state index is 12.8. The molecular weight excluding hydrogens is 419 g/mol. The average Bonchev–Trinajstić information content (AvgIpc) is 2.91. The molecule has 2 saturated heterocycles. The highest BCUT2D eigenvalue weighted by atomic mass is 127. The molecule has 1 aromatic rings. The third-order valence-corrected chi connectivity index (χ3v) is 5.54. The molecule has 3 rings (SSSR count). The molecule has 0 aromatic heterocycles. The first-order valence-electron chi connectivity index (χ1n) is 6.56. The smallest absolute Gasteiger partial charge is 0.255 e. The van der Waals surface area contributed by atoms with Crippen LogP contribution in [-0.2, 0) is 0 Å². The van der Waals surface area contributed by atoms with Crippen LogP contribution in [0.1, 0.15) is 23.7 Å². The summed E-state index contributed by atoms with van der Waals surface area (Å²) in [7, 11) is 0. The van der Waals surface area contributed by atoms with Gasteiger partial charge in [-0.25, -0.2) is 0 Å². The van der Waals surface area contributed by atoms with Gasteiger partial charge in [0.2, 0.25) is 0 Å². The van der Waals surface area contributed by atoms with Gasteiger partial charge in [-0.1, -0.05) is 0 Å². The van der Waals surface area contributed by atoms with Crippen LogP contribution < -0.4 is 5.32 Å². The normalized spacial score (nSPS) is 29.6. The molecule has 2 aliphatic rings. The molecule has 1 N–H and O–H groups in total. The average molecular weight is 435 g/mol. The highest BCUT2D eigenvalue weighted by Gasteiger charge is 2.44. The summed E-state index contributed by atoms with van der Waals surface area (Å²) in [6, 6.07) is 6.64. The maximum absolute atomic E-state index is 12.8. The lowest BCUT2D eigenvalue weighted by molar-refractivity contribution is 0.0681. The maximum Gasteiger partial charge on any atom is 0.255 e. The van der Waals surface area contributed by atoms with Crippen LogP contribution in [-0.4, -0.2) is 36.0 Å². The van der Waals surface area contributed by atoms with Crippen LogP contribution in [0.5, 0.6) is 0 Å². The van der Waals surface area contributed by atoms with Crippen molar-refractivity contribution in [2.75, 3.05) is 13.1 Å². The van der Waals surface area contributed by atoms with E-state index in [1.54, 1.807) is 0 Å². The van der Waals surface area contributed by atoms with Gasteiger partial charge in [-0.2, -0.15) is 0 Å². The molecule has 1 amide bonds. The van der Waals surface area contributed by atoms with Crippen LogP contribution in [0.3, 0.4) is 0 Å². The first kappa shape index (κ1) is 13.8. The van der Waals surface area contributed by atoms with E-state index < -0.39 is 0 Å². The topological polar surface area (TPSA) is 32.3 Å². The van der Waals surface area contributed by atoms with Crippen LogP contribution in [0, 0.1) is 9.49 Å². The second-order valence-electron chi connectivity index (χ2n) is 5.41. The van der Waals surface area contributed by atoms with E-state index in [1.807, 2.05) is 18.2 Å². The van der Waals surface area contributed by atoms with Crippen molar-refractivity contribution in [1.29, 1.82) is 0 Å². The molecule has 19 heavy (non-hydrogen) atoms. The van der Waals surface area contributed by atoms with Gasteiger partial charge in [-0.3, -0.25) is 4.79 Å². The van der Waals surface area contributed by atoms with Crippen LogP contribution in [0.25, 0.3) is 0 Å². The van der Waals surface area contributed by atoms with Gasteiger partial charge in [-0.05, 0) is 76.0 Å². The monoisotopic (exact) mass is 434 g/mol. The Morgan fingerprint density at radius 1 is 1.47 bits per heavy atom. The molecule has 102 valence electrons. The number of fused-ring (bicyclic) bond motifs is 1. The SMILES string of the molecule is CC1CC2CNCC2N1C(=O)c1cc(I)ccc1Br. The minimum absolute atomic E-state index is 0.161. The van der Waals surface area contributed by atoms with E-state index in [0.717, 1.165) is 33.1 Å². The Kier molecular flexibility index (Phi) is 3.88. The fourth-order valence-corrected chi connectivity index (χ4v) is 4.22. The van der Waals surface area contributed by atoms with Crippen molar-refractivity contribution in [3.05, 3.63) is 31.8 Å². The molecule has 0 spiro atoms. The number of hydrogen-bond acceptors (Lipinski definition) is 2. The molecule has 2 aliphatic heterocycles. The largest absolute Gasteiger partial charge is 0.331 e. The number of hydrogen-bond donors (Lipinski definition) is 1. The van der Waals surface area contributed by atoms with E-state index in [0.29, 0.717) is 18.0 Å². The van der Waals surface area contributed by atoms with Crippen LogP contribution >= 0.6 is 38.5 Å². The number of halogens is 2. The van der Waals surface area contributed by atoms with Gasteiger partial charge >= 0.3 is 0 Å². The number of rotatable bonds is 1. The second kappa shape index (κ2) is 5.33. The Morgan fingerprint density at radius 2 is 2.26 bits per heavy atom. The lowest BCUT2D eigenvalue weighted by Crippen LogP contribution is -2.42. The Morgan fingerprint density at radius 3 is 3.05 bits per heavy atom. The van der Waals surface area contributed by atoms with Crippen LogP contribution in [0.2, 0.25) is 0 Å². The van der Waals surface area contributed by atoms with Crippen molar-refractivity contribution < 1.29 is 4.79 Å². The lowest BCUT2D eigenvalue weighted by atomic mass is 10.0. The van der Waals surface area contributed by atoms with E-state index in [9.17, 15) is 4.79 Å². The predicted octanol–water partition coefficient (Wildman–Crippen LogP) is 2.88. The molecule has 1 aromatic carbocycles. The molecule has 5 heteroatoms. The molecule has 2 fully saturated rings. The van der Waals surface area contributed by atoms with E-state index in [-0.39, 0.29) is 5.91 Å². The molecule has 2 heterocycles. The molecule has 0 bridgehead atoms. The van der Waals surface area contributed by atoms with Crippen molar-refractivity contribution in [2.24, 2.45) is 5.92 Å². The first-order chi connectivity index (χ1) is 9.08. The summed E-state index contributed by atoms with van der Waals surface area (Å²) < 4.78 is 1.98. The summed E-state index contributed by atoms with van der Waals surface area (Å²) in [6.45, 7) is 4.15. The summed E-state index contributed by atoms with van der Waals surface area (Å²) in [5.74, 6) is 0.787. The zero-order chi connectivity index (χ0) is 13.6. The Hall–Kier alpha value is -0.140. The van der Waals surface area contributed by atoms with Gasteiger partial charge in [0.1, 0.15) is 0 Å². The minimum atomic E-state index is 0.161. The van der Waals surface area contributed by atoms with E-state index in [1.165, 1.54) is 0 Å². The molecule has 0 radical (unpaired) electrons. The molecule has 0 aliphatic carbocycles.